The quantitative estimate of drug-likeness (QED) is 0.292. The lowest BCUT2D eigenvalue weighted by Crippen LogP contribution is -2.48. The van der Waals surface area contributed by atoms with E-state index in [0.717, 1.165) is 31.0 Å². The molecule has 2 aromatic rings. The molecule has 8 heteroatoms. The van der Waals surface area contributed by atoms with E-state index >= 15 is 0 Å². The van der Waals surface area contributed by atoms with Crippen molar-refractivity contribution in [1.29, 1.82) is 0 Å². The van der Waals surface area contributed by atoms with E-state index in [9.17, 15) is 13.6 Å². The van der Waals surface area contributed by atoms with Crippen molar-refractivity contribution >= 4 is 12.0 Å². The van der Waals surface area contributed by atoms with Gasteiger partial charge in [0.05, 0.1) is 21.3 Å². The molecular formula is C33H44F2N2O4. The number of benzene rings is 2. The first-order valence-corrected chi connectivity index (χ1v) is 14.7. The van der Waals surface area contributed by atoms with Crippen LogP contribution in [0.1, 0.15) is 74.7 Å². The molecule has 2 aromatic carbocycles. The number of carbonyl (C=O) groups excluding carboxylic acids is 1. The summed E-state index contributed by atoms with van der Waals surface area (Å²) in [5.41, 5.74) is 1.50. The number of likely N-dealkylation sites (tertiary alicyclic amines) is 1. The Morgan fingerprint density at radius 3 is 2.29 bits per heavy atom. The number of halogens is 2. The Labute approximate surface area is 243 Å². The van der Waals surface area contributed by atoms with Crippen LogP contribution in [0.3, 0.4) is 0 Å². The van der Waals surface area contributed by atoms with Crippen LogP contribution >= 0.6 is 0 Å². The zero-order chi connectivity index (χ0) is 29.5. The lowest BCUT2D eigenvalue weighted by atomic mass is 9.83. The summed E-state index contributed by atoms with van der Waals surface area (Å²) in [6.07, 6.45) is 10.2. The summed E-state index contributed by atoms with van der Waals surface area (Å²) >= 11 is 0. The normalized spacial score (nSPS) is 19.2. The average Bonchev–Trinajstić information content (AvgIpc) is 3.45. The second-order valence-corrected chi connectivity index (χ2v) is 11.4. The first kappa shape index (κ1) is 30.8. The SMILES string of the molecule is COc1cc(C(=O)N(C/C(C)=C/c2ccc(F)cc2F)C[C@@H]2CCCN2C(C)C2CCCCC2)cc(OC)c1OC. The molecule has 0 spiro atoms. The van der Waals surface area contributed by atoms with Crippen LogP contribution in [0.2, 0.25) is 0 Å². The van der Waals surface area contributed by atoms with Gasteiger partial charge in [-0.2, -0.15) is 0 Å². The van der Waals surface area contributed by atoms with E-state index in [1.807, 2.05) is 11.8 Å². The molecule has 2 atom stereocenters. The Balaban J connectivity index is 1.64. The third-order valence-corrected chi connectivity index (χ3v) is 8.71. The molecule has 6 nitrogen and oxygen atoms in total. The van der Waals surface area contributed by atoms with Gasteiger partial charge in [-0.05, 0) is 76.3 Å². The second kappa shape index (κ2) is 14.2. The zero-order valence-electron chi connectivity index (χ0n) is 25.1. The number of carbonyl (C=O) groups is 1. The lowest BCUT2D eigenvalue weighted by molar-refractivity contribution is 0.0645. The van der Waals surface area contributed by atoms with Crippen LogP contribution in [-0.2, 0) is 0 Å². The number of ether oxygens (including phenoxy) is 3. The average molecular weight is 571 g/mol. The van der Waals surface area contributed by atoms with Gasteiger partial charge in [-0.25, -0.2) is 8.78 Å². The standard InChI is InChI=1S/C33H44F2N2O4/c1-22(16-25-13-14-27(34)19-29(25)35)20-36(33(38)26-17-30(39-3)32(41-5)31(18-26)40-4)21-28-12-9-15-37(28)23(2)24-10-7-6-8-11-24/h13-14,16-19,23-24,28H,6-12,15,20-21H2,1-5H3/b22-16+/t23?,28-/m0/s1. The summed E-state index contributed by atoms with van der Waals surface area (Å²) in [6.45, 7) is 6.10. The van der Waals surface area contributed by atoms with E-state index in [1.165, 1.54) is 65.6 Å². The maximum Gasteiger partial charge on any atom is 0.254 e. The first-order valence-electron chi connectivity index (χ1n) is 14.7. The van der Waals surface area contributed by atoms with Crippen LogP contribution in [0.15, 0.2) is 35.9 Å². The van der Waals surface area contributed by atoms with Crippen molar-refractivity contribution in [2.45, 2.75) is 70.9 Å². The molecule has 1 heterocycles. The second-order valence-electron chi connectivity index (χ2n) is 11.4. The molecule has 1 saturated carbocycles. The molecule has 224 valence electrons. The molecule has 1 amide bonds. The number of methoxy groups -OCH3 is 3. The highest BCUT2D eigenvalue weighted by atomic mass is 19.1. The summed E-state index contributed by atoms with van der Waals surface area (Å²) in [4.78, 5) is 18.6. The van der Waals surface area contributed by atoms with Gasteiger partial charge in [0.25, 0.3) is 5.91 Å². The van der Waals surface area contributed by atoms with Crippen LogP contribution in [0.25, 0.3) is 6.08 Å². The molecule has 1 aliphatic carbocycles. The highest BCUT2D eigenvalue weighted by Gasteiger charge is 2.35. The van der Waals surface area contributed by atoms with E-state index in [0.29, 0.717) is 47.9 Å². The van der Waals surface area contributed by atoms with Crippen molar-refractivity contribution in [3.05, 3.63) is 58.7 Å². The van der Waals surface area contributed by atoms with Gasteiger partial charge in [0.2, 0.25) is 5.75 Å². The van der Waals surface area contributed by atoms with Crippen molar-refractivity contribution in [2.24, 2.45) is 5.92 Å². The highest BCUT2D eigenvalue weighted by Crippen LogP contribution is 2.39. The molecule has 41 heavy (non-hydrogen) atoms. The Hall–Kier alpha value is -3.13. The van der Waals surface area contributed by atoms with Gasteiger partial charge in [0.15, 0.2) is 11.5 Å². The van der Waals surface area contributed by atoms with Crippen molar-refractivity contribution in [2.75, 3.05) is 41.0 Å². The maximum atomic E-state index is 14.4. The number of hydrogen-bond donors (Lipinski definition) is 0. The van der Waals surface area contributed by atoms with E-state index in [1.54, 1.807) is 18.2 Å². The third-order valence-electron chi connectivity index (χ3n) is 8.71. The maximum absolute atomic E-state index is 14.4. The van der Waals surface area contributed by atoms with Crippen molar-refractivity contribution in [1.82, 2.24) is 9.80 Å². The number of rotatable bonds is 11. The van der Waals surface area contributed by atoms with Crippen LogP contribution in [-0.4, -0.2) is 68.8 Å². The van der Waals surface area contributed by atoms with Gasteiger partial charge in [-0.15, -0.1) is 0 Å². The van der Waals surface area contributed by atoms with E-state index in [4.69, 9.17) is 14.2 Å². The molecule has 1 saturated heterocycles. The van der Waals surface area contributed by atoms with E-state index in [-0.39, 0.29) is 17.5 Å². The molecule has 0 bridgehead atoms. The van der Waals surface area contributed by atoms with Crippen molar-refractivity contribution in [3.8, 4) is 17.2 Å². The molecule has 0 radical (unpaired) electrons. The summed E-state index contributed by atoms with van der Waals surface area (Å²) in [5, 5.41) is 0. The summed E-state index contributed by atoms with van der Waals surface area (Å²) in [7, 11) is 4.58. The van der Waals surface area contributed by atoms with E-state index in [2.05, 4.69) is 11.8 Å². The molecule has 1 unspecified atom stereocenters. The molecule has 0 aromatic heterocycles. The van der Waals surface area contributed by atoms with Gasteiger partial charge >= 0.3 is 0 Å². The Kier molecular flexibility index (Phi) is 10.6. The summed E-state index contributed by atoms with van der Waals surface area (Å²) < 4.78 is 44.4. The first-order chi connectivity index (χ1) is 19.7. The lowest BCUT2D eigenvalue weighted by Gasteiger charge is -2.39. The number of hydrogen-bond acceptors (Lipinski definition) is 5. The minimum absolute atomic E-state index is 0.172. The van der Waals surface area contributed by atoms with Crippen LogP contribution in [0.5, 0.6) is 17.2 Å². The number of nitrogens with zero attached hydrogens (tertiary/aromatic N) is 2. The van der Waals surface area contributed by atoms with Crippen LogP contribution in [0.4, 0.5) is 8.78 Å². The number of amides is 1. The molecular weight excluding hydrogens is 526 g/mol. The highest BCUT2D eigenvalue weighted by molar-refractivity contribution is 5.96. The zero-order valence-corrected chi connectivity index (χ0v) is 25.1. The summed E-state index contributed by atoms with van der Waals surface area (Å²) in [5.74, 6) is 0.498. The van der Waals surface area contributed by atoms with Gasteiger partial charge in [0, 0.05) is 42.4 Å². The van der Waals surface area contributed by atoms with Gasteiger partial charge < -0.3 is 19.1 Å². The monoisotopic (exact) mass is 570 g/mol. The van der Waals surface area contributed by atoms with Crippen molar-refractivity contribution < 1.29 is 27.8 Å². The predicted molar refractivity (Wildman–Crippen MR) is 158 cm³/mol. The minimum atomic E-state index is -0.630. The van der Waals surface area contributed by atoms with Crippen molar-refractivity contribution in [3.63, 3.8) is 0 Å². The Morgan fingerprint density at radius 1 is 1.00 bits per heavy atom. The Morgan fingerprint density at radius 2 is 1.68 bits per heavy atom. The molecule has 2 aliphatic rings. The minimum Gasteiger partial charge on any atom is -0.493 e. The van der Waals surface area contributed by atoms with Crippen LogP contribution < -0.4 is 14.2 Å². The van der Waals surface area contributed by atoms with Gasteiger partial charge in [0.1, 0.15) is 11.6 Å². The smallest absolute Gasteiger partial charge is 0.254 e. The van der Waals surface area contributed by atoms with E-state index < -0.39 is 11.6 Å². The Bertz CT molecular complexity index is 1200. The topological polar surface area (TPSA) is 51.2 Å². The fourth-order valence-electron chi connectivity index (χ4n) is 6.57. The third kappa shape index (κ3) is 7.39. The molecule has 2 fully saturated rings. The fourth-order valence-corrected chi connectivity index (χ4v) is 6.57. The molecule has 0 N–H and O–H groups in total. The largest absolute Gasteiger partial charge is 0.493 e. The van der Waals surface area contributed by atoms with Gasteiger partial charge in [-0.1, -0.05) is 30.9 Å². The predicted octanol–water partition coefficient (Wildman–Crippen LogP) is 6.97. The molecule has 1 aliphatic heterocycles. The fraction of sp³-hybridized carbons (Fsp3) is 0.545. The van der Waals surface area contributed by atoms with Gasteiger partial charge in [-0.3, -0.25) is 9.69 Å². The summed E-state index contributed by atoms with van der Waals surface area (Å²) in [6, 6.07) is 7.58. The van der Waals surface area contributed by atoms with Crippen LogP contribution in [0, 0.1) is 17.6 Å². The molecule has 4 rings (SSSR count).